The number of amides is 4. The van der Waals surface area contributed by atoms with E-state index in [1.165, 1.54) is 70.6 Å². The number of fused-ring (bicyclic) bond motifs is 5. The molecule has 4 aromatic rings. The molecule has 27 heteroatoms. The molecule has 2 fully saturated rings. The molecule has 3 aliphatic rings. The van der Waals surface area contributed by atoms with Crippen molar-refractivity contribution in [1.29, 1.82) is 0 Å². The van der Waals surface area contributed by atoms with E-state index in [9.17, 15) is 59.9 Å². The second-order valence-electron chi connectivity index (χ2n) is 26.7. The Morgan fingerprint density at radius 3 is 2.09 bits per heavy atom. The quantitative estimate of drug-likeness (QED) is 0.0399. The van der Waals surface area contributed by atoms with Gasteiger partial charge < -0.3 is 24.8 Å². The number of halogens is 9. The summed E-state index contributed by atoms with van der Waals surface area (Å²) in [7, 11) is 0. The van der Waals surface area contributed by atoms with E-state index in [4.69, 9.17) is 49.0 Å². The molecule has 0 spiro atoms. The van der Waals surface area contributed by atoms with Crippen LogP contribution in [0.15, 0.2) is 72.8 Å². The first-order valence-corrected chi connectivity index (χ1v) is 32.9. The largest absolute Gasteiger partial charge is 0.460 e. The third kappa shape index (κ3) is 21.7. The monoisotopic (exact) mass is 1390 g/mol. The van der Waals surface area contributed by atoms with Crippen LogP contribution in [0.25, 0.3) is 34.0 Å². The first-order chi connectivity index (χ1) is 44.0. The Hall–Kier alpha value is -6.60. The molecule has 5 heterocycles. The Kier molecular flexibility index (Phi) is 26.2. The molecule has 0 aliphatic carbocycles. The molecule has 7 rings (SSSR count). The number of cyclic esters (lactones) is 1. The molecular weight excluding hydrogens is 1310 g/mol. The molecular formula is C68H87Cl3F6N8O10. The lowest BCUT2D eigenvalue weighted by molar-refractivity contribution is -0.203. The minimum absolute atomic E-state index is 0.222. The number of alkyl halides is 9. The lowest BCUT2D eigenvalue weighted by Crippen LogP contribution is -2.60. The van der Waals surface area contributed by atoms with Gasteiger partial charge in [0.1, 0.15) is 43.0 Å². The molecule has 18 nitrogen and oxygen atoms in total. The van der Waals surface area contributed by atoms with Crippen molar-refractivity contribution < 1.29 is 74.1 Å². The molecule has 2 aromatic carbocycles. The van der Waals surface area contributed by atoms with Crippen molar-refractivity contribution >= 4 is 110 Å². The highest BCUT2D eigenvalue weighted by Crippen LogP contribution is 2.48. The maximum absolute atomic E-state index is 14.8. The van der Waals surface area contributed by atoms with Crippen LogP contribution in [0.2, 0.25) is 0 Å². The Morgan fingerprint density at radius 1 is 0.842 bits per heavy atom. The molecule has 3 aliphatic heterocycles. The normalized spacial score (nSPS) is 22.8. The van der Waals surface area contributed by atoms with Gasteiger partial charge in [0.15, 0.2) is 0 Å². The van der Waals surface area contributed by atoms with Crippen LogP contribution in [-0.2, 0) is 47.8 Å². The van der Waals surface area contributed by atoms with E-state index in [0.717, 1.165) is 10.8 Å². The topological polar surface area (TPSA) is 228 Å². The van der Waals surface area contributed by atoms with E-state index in [0.29, 0.717) is 65.8 Å². The number of allylic oxidation sites excluding steroid dienone is 2. The van der Waals surface area contributed by atoms with E-state index < -0.39 is 160 Å². The zero-order valence-corrected chi connectivity index (χ0v) is 57.9. The predicted octanol–water partition coefficient (Wildman–Crippen LogP) is 13.4. The molecule has 0 saturated carbocycles. The molecule has 2 saturated heterocycles. The second-order valence-corrected chi connectivity index (χ2v) is 29.2. The van der Waals surface area contributed by atoms with Crippen molar-refractivity contribution in [2.45, 2.75) is 181 Å². The number of esters is 3. The lowest BCUT2D eigenvalue weighted by atomic mass is 9.71. The summed E-state index contributed by atoms with van der Waals surface area (Å²) in [5.74, 6) is -10.8. The van der Waals surface area contributed by atoms with Crippen LogP contribution >= 0.6 is 34.8 Å². The van der Waals surface area contributed by atoms with Crippen molar-refractivity contribution in [3.8, 4) is 0 Å². The van der Waals surface area contributed by atoms with Crippen LogP contribution in [-0.4, -0.2) is 122 Å². The summed E-state index contributed by atoms with van der Waals surface area (Å²) < 4.78 is 102. The van der Waals surface area contributed by atoms with Crippen LogP contribution in [0.3, 0.4) is 0 Å². The van der Waals surface area contributed by atoms with E-state index in [2.05, 4.69) is 31.5 Å². The number of benzene rings is 2. The molecule has 522 valence electrons. The molecule has 2 aromatic heterocycles. The third-order valence-electron chi connectivity index (χ3n) is 17.5. The average molecular weight is 1400 g/mol. The molecule has 4 N–H and O–H groups in total. The highest BCUT2D eigenvalue weighted by molar-refractivity contribution is 6.67. The number of aromatic nitrogens is 2. The smallest absolute Gasteiger partial charge is 0.392 e. The molecule has 4 amide bonds. The number of hydrogen-bond donors (Lipinski definition) is 4. The van der Waals surface area contributed by atoms with Crippen molar-refractivity contribution in [1.82, 2.24) is 41.5 Å². The van der Waals surface area contributed by atoms with Crippen LogP contribution < -0.4 is 21.5 Å². The number of nitrogens with zero attached hydrogens (tertiary/aromatic N) is 4. The number of hydrazine groups is 2. The Balaban J connectivity index is 0.000000306. The van der Waals surface area contributed by atoms with Crippen LogP contribution in [0.4, 0.5) is 26.3 Å². The van der Waals surface area contributed by atoms with Crippen LogP contribution in [0.5, 0.6) is 0 Å². The minimum atomic E-state index is -4.66. The number of rotatable bonds is 14. The first kappa shape index (κ1) is 77.4. The molecule has 5 bridgehead atoms. The highest BCUT2D eigenvalue weighted by atomic mass is 35.6. The van der Waals surface area contributed by atoms with Crippen molar-refractivity contribution in [3.05, 3.63) is 95.3 Å². The summed E-state index contributed by atoms with van der Waals surface area (Å²) in [4.78, 5) is 99.6. The van der Waals surface area contributed by atoms with Gasteiger partial charge >= 0.3 is 30.3 Å². The first-order valence-electron chi connectivity index (χ1n) is 31.7. The van der Waals surface area contributed by atoms with E-state index in [-0.39, 0.29) is 6.54 Å². The van der Waals surface area contributed by atoms with Gasteiger partial charge in [-0.15, -0.1) is 0 Å². The van der Waals surface area contributed by atoms with Gasteiger partial charge in [-0.3, -0.25) is 43.6 Å². The summed E-state index contributed by atoms with van der Waals surface area (Å²) in [5.41, 5.74) is 6.40. The molecule has 0 unspecified atom stereocenters. The Labute approximate surface area is 565 Å². The molecule has 10 atom stereocenters. The summed E-state index contributed by atoms with van der Waals surface area (Å²) in [6, 6.07) is 14.1. The summed E-state index contributed by atoms with van der Waals surface area (Å²) >= 11 is 16.9. The fourth-order valence-corrected chi connectivity index (χ4v) is 11.9. The van der Waals surface area contributed by atoms with Crippen molar-refractivity contribution in [3.63, 3.8) is 0 Å². The minimum Gasteiger partial charge on any atom is -0.460 e. The van der Waals surface area contributed by atoms with Crippen LogP contribution in [0, 0.1) is 46.3 Å². The predicted molar refractivity (Wildman–Crippen MR) is 351 cm³/mol. The fourth-order valence-electron chi connectivity index (χ4n) is 11.7. The van der Waals surface area contributed by atoms with Gasteiger partial charge in [0.05, 0.1) is 34.3 Å². The molecule has 95 heavy (non-hydrogen) atoms. The summed E-state index contributed by atoms with van der Waals surface area (Å²) in [6.45, 7) is 20.4. The highest BCUT2D eigenvalue weighted by Gasteiger charge is 2.51. The number of carbonyl (C=O) groups is 7. The Morgan fingerprint density at radius 2 is 1.47 bits per heavy atom. The average Bonchev–Trinajstić information content (AvgIpc) is 0.836. The zero-order valence-electron chi connectivity index (χ0n) is 55.6. The number of carbonyl (C=O) groups excluding carboxylic acids is 7. The van der Waals surface area contributed by atoms with Gasteiger partial charge in [-0.2, -0.15) is 26.3 Å². The summed E-state index contributed by atoms with van der Waals surface area (Å²) in [6.07, 6.45) is -3.47. The summed E-state index contributed by atoms with van der Waals surface area (Å²) in [5, 5.41) is 9.32. The zero-order chi connectivity index (χ0) is 70.9. The van der Waals surface area contributed by atoms with Gasteiger partial charge in [-0.05, 0) is 124 Å². The van der Waals surface area contributed by atoms with Gasteiger partial charge in [0, 0.05) is 42.6 Å². The maximum atomic E-state index is 14.8. The third-order valence-corrected chi connectivity index (χ3v) is 17.8. The molecule has 0 radical (unpaired) electrons. The van der Waals surface area contributed by atoms with Crippen molar-refractivity contribution in [2.75, 3.05) is 19.7 Å². The number of pyridine rings is 2. The van der Waals surface area contributed by atoms with E-state index in [1.54, 1.807) is 96.2 Å². The SMILES string of the molecule is CC(=O)O[C@H](C)c1ccc2ccc(/C=C/C(C)(C)[C@H](C[C@H](C(=O)N[C@@H](C)C(=O)N3CCC[C@@H](C(=O)OCC(Cl)(Cl)Cl)N3)C(C)C)C(F)(F)F)cc2n1.CC(C)[C@@H]1C[C@H](C(F)(F)F)C(C)(C)/C=C/c2ccc3ccc(nc3c2)[C@@H](C)OC(=O)[C@@H]2CCCN(N2)C(=O)[C@H](C)NC1=O. The number of hydrogen-bond acceptors (Lipinski definition) is 14. The van der Waals surface area contributed by atoms with E-state index >= 15 is 0 Å². The van der Waals surface area contributed by atoms with E-state index in [1.807, 2.05) is 18.2 Å². The standard InChI is InChI=1S/C36H46Cl3F3N4O6.C32H41F3N4O4/c1-20(2)26(31(48)43-21(3)32(49)46-16-8-9-28(45-46)33(50)51-19-35(37,38)39)18-30(36(40,41)42)34(6,7)15-14-24-10-11-25-12-13-27(44-29(25)17-24)22(4)52-23(5)47;1-18(2)23-17-27(32(33,34)35)31(5,6)14-13-21-9-10-22-11-12-24(37-26(22)16-21)20(4)43-30(42)25-8-7-15-39(38-25)29(41)19(3)36-28(23)40/h10-15,17,20-22,26,28,30,45H,8-9,16,18-19H2,1-7H3,(H,43,48);9-14,16,18-20,23,25,27,38H,7-8,15,17H2,1-6H3,(H,36,40)/b15-14+;14-13+/t21-,22+,26-,28-,30-;19-,20+,23-,25-,27-/m00/s1. The van der Waals surface area contributed by atoms with Crippen LogP contribution in [0.1, 0.15) is 163 Å². The van der Waals surface area contributed by atoms with Gasteiger partial charge in [0.25, 0.3) is 11.8 Å². The van der Waals surface area contributed by atoms with Gasteiger partial charge in [-0.1, -0.05) is 151 Å². The lowest BCUT2D eigenvalue weighted by Gasteiger charge is -2.37. The number of ether oxygens (including phenoxy) is 3. The second kappa shape index (κ2) is 32.2. The number of nitrogens with one attached hydrogen (secondary N) is 4. The van der Waals surface area contributed by atoms with Gasteiger partial charge in [-0.25, -0.2) is 20.8 Å². The maximum Gasteiger partial charge on any atom is 0.392 e. The fraction of sp³-hybridized carbons (Fsp3) is 0.574. The van der Waals surface area contributed by atoms with Gasteiger partial charge in [0.2, 0.25) is 15.6 Å². The van der Waals surface area contributed by atoms with Crippen molar-refractivity contribution in [2.24, 2.45) is 46.3 Å². The Bertz CT molecular complexity index is 3470.